The van der Waals surface area contributed by atoms with Gasteiger partial charge in [0.15, 0.2) is 24.6 Å². The minimum atomic E-state index is -1.90. The molecule has 1 heterocycles. The molecule has 12 nitrogen and oxygen atoms in total. The Labute approximate surface area is 306 Å². The maximum absolute atomic E-state index is 13.7. The van der Waals surface area contributed by atoms with Crippen molar-refractivity contribution in [2.75, 3.05) is 22.6 Å². The van der Waals surface area contributed by atoms with E-state index in [4.69, 9.17) is 18.9 Å². The van der Waals surface area contributed by atoms with Crippen molar-refractivity contribution >= 4 is 35.3 Å². The monoisotopic (exact) mass is 717 g/mol. The zero-order chi connectivity index (χ0) is 37.2. The average Bonchev–Trinajstić information content (AvgIpc) is 3.18. The van der Waals surface area contributed by atoms with Gasteiger partial charge in [0.2, 0.25) is 0 Å². The van der Waals surface area contributed by atoms with E-state index in [9.17, 15) is 24.6 Å². The molecule has 6 rings (SSSR count). The fraction of sp³-hybridized carbons (Fsp3) is 0.195. The molecule has 5 N–H and O–H groups in total. The summed E-state index contributed by atoms with van der Waals surface area (Å²) in [4.78, 5) is 40.4. The Bertz CT molecular complexity index is 2010. The molecule has 5 aromatic rings. The summed E-state index contributed by atoms with van der Waals surface area (Å²) in [6.45, 7) is 1.22. The maximum atomic E-state index is 13.7. The van der Waals surface area contributed by atoms with Gasteiger partial charge in [-0.05, 0) is 47.4 Å². The fourth-order valence-electron chi connectivity index (χ4n) is 6.03. The van der Waals surface area contributed by atoms with Gasteiger partial charge in [0.05, 0.1) is 18.0 Å². The van der Waals surface area contributed by atoms with Crippen molar-refractivity contribution in [3.8, 4) is 22.3 Å². The normalized spacial score (nSPS) is 19.3. The summed E-state index contributed by atoms with van der Waals surface area (Å²) in [5, 5.41) is 29.4. The number of carbonyl (C=O) groups is 3. The molecule has 0 radical (unpaired) electrons. The molecule has 0 aromatic heterocycles. The van der Waals surface area contributed by atoms with Crippen LogP contribution in [0, 0.1) is 0 Å². The first-order valence-electron chi connectivity index (χ1n) is 17.1. The van der Waals surface area contributed by atoms with E-state index in [0.29, 0.717) is 28.2 Å². The molecule has 1 fully saturated rings. The number of benzene rings is 5. The number of hydrogen-bond acceptors (Lipinski definition) is 9. The van der Waals surface area contributed by atoms with Crippen LogP contribution in [0.2, 0.25) is 0 Å². The second-order valence-corrected chi connectivity index (χ2v) is 12.1. The zero-order valence-electron chi connectivity index (χ0n) is 28.8. The number of aryl methyl sites for hydroxylation is 1. The molecule has 12 heteroatoms. The third-order valence-corrected chi connectivity index (χ3v) is 8.60. The number of nitrogens with one attached hydrogen (secondary N) is 3. The van der Waals surface area contributed by atoms with E-state index in [0.717, 1.165) is 23.1 Å². The molecule has 5 atom stereocenters. The molecular weight excluding hydrogens is 678 g/mol. The Hall–Kier alpha value is -6.21. The lowest BCUT2D eigenvalue weighted by atomic mass is 9.98. The van der Waals surface area contributed by atoms with Gasteiger partial charge in [-0.1, -0.05) is 116 Å². The maximum Gasteiger partial charge on any atom is 0.412 e. The topological polar surface area (TPSA) is 165 Å². The van der Waals surface area contributed by atoms with Gasteiger partial charge in [-0.25, -0.2) is 14.4 Å². The van der Waals surface area contributed by atoms with Crippen LogP contribution >= 0.6 is 0 Å². The van der Waals surface area contributed by atoms with Crippen molar-refractivity contribution in [1.29, 1.82) is 0 Å². The van der Waals surface area contributed by atoms with Crippen LogP contribution in [0.4, 0.5) is 31.4 Å². The fourth-order valence-corrected chi connectivity index (χ4v) is 6.03. The highest BCUT2D eigenvalue weighted by Gasteiger charge is 2.52. The molecule has 0 saturated carbocycles. The summed E-state index contributed by atoms with van der Waals surface area (Å²) < 4.78 is 22.8. The second kappa shape index (κ2) is 17.3. The number of rotatable bonds is 10. The summed E-state index contributed by atoms with van der Waals surface area (Å²) in [7, 11) is 0. The van der Waals surface area contributed by atoms with Crippen molar-refractivity contribution < 1.29 is 43.5 Å². The summed E-state index contributed by atoms with van der Waals surface area (Å²) in [6, 6.07) is 39.9. The van der Waals surface area contributed by atoms with Gasteiger partial charge >= 0.3 is 18.3 Å². The molecule has 5 aromatic carbocycles. The molecule has 0 bridgehead atoms. The minimum Gasteiger partial charge on any atom is -0.439 e. The van der Waals surface area contributed by atoms with Gasteiger partial charge < -0.3 is 29.2 Å². The highest BCUT2D eigenvalue weighted by atomic mass is 16.7. The van der Waals surface area contributed by atoms with Gasteiger partial charge in [-0.3, -0.25) is 16.0 Å². The molecule has 1 saturated heterocycles. The lowest BCUT2D eigenvalue weighted by molar-refractivity contribution is -0.282. The Balaban J connectivity index is 1.27. The zero-order valence-corrected chi connectivity index (χ0v) is 28.8. The van der Waals surface area contributed by atoms with Crippen molar-refractivity contribution in [3.63, 3.8) is 0 Å². The van der Waals surface area contributed by atoms with E-state index in [-0.39, 0.29) is 0 Å². The summed E-state index contributed by atoms with van der Waals surface area (Å²) in [5.41, 5.74) is 5.23. The highest BCUT2D eigenvalue weighted by Crippen LogP contribution is 2.32. The number of para-hydroxylation sites is 2. The molecule has 1 aliphatic heterocycles. The Morgan fingerprint density at radius 1 is 0.604 bits per heavy atom. The third-order valence-electron chi connectivity index (χ3n) is 8.60. The van der Waals surface area contributed by atoms with Crippen molar-refractivity contribution in [2.45, 2.75) is 44.1 Å². The standard InChI is InChI=1S/C41H39N3O9/c1-2-26-14-13-19-29(24-26)42-39(47)51-35-34(25-45)50-38(46)37(53-41(49)44-33-23-12-10-21-31(33)28-17-7-4-8-18-28)36(35)52-40(48)43-32-22-11-9-20-30(32)27-15-5-3-6-16-27/h3-24,34-38,45-46H,2,25H2,1H3,(H,42,47)(H,43,48)(H,44,49)/t34-,35-,36+,37-,38+/m1/s1. The van der Waals surface area contributed by atoms with Crippen molar-refractivity contribution in [3.05, 3.63) is 139 Å². The largest absolute Gasteiger partial charge is 0.439 e. The van der Waals surface area contributed by atoms with Gasteiger partial charge in [0, 0.05) is 16.8 Å². The third kappa shape index (κ3) is 9.18. The average molecular weight is 718 g/mol. The summed E-state index contributed by atoms with van der Waals surface area (Å²) in [5.74, 6) is 0. The van der Waals surface area contributed by atoms with Crippen molar-refractivity contribution in [2.24, 2.45) is 0 Å². The number of anilines is 3. The van der Waals surface area contributed by atoms with Crippen LogP contribution in [-0.2, 0) is 25.4 Å². The smallest absolute Gasteiger partial charge is 0.412 e. The summed E-state index contributed by atoms with van der Waals surface area (Å²) in [6.07, 6.45) is -10.5. The number of carbonyl (C=O) groups excluding carboxylic acids is 3. The van der Waals surface area contributed by atoms with Crippen LogP contribution in [0.15, 0.2) is 133 Å². The van der Waals surface area contributed by atoms with Crippen LogP contribution < -0.4 is 16.0 Å². The SMILES string of the molecule is CCc1cccc(NC(=O)O[C@H]2[C@H](OC(=O)Nc3ccccc3-c3ccccc3)[C@@H](OC(=O)Nc3ccccc3-c3ccccc3)[C@@H](O)O[C@@H]2CO)c1. The number of aliphatic hydroxyl groups excluding tert-OH is 2. The van der Waals surface area contributed by atoms with Crippen LogP contribution in [0.5, 0.6) is 0 Å². The predicted molar refractivity (Wildman–Crippen MR) is 199 cm³/mol. The lowest BCUT2D eigenvalue weighted by Crippen LogP contribution is -2.62. The predicted octanol–water partition coefficient (Wildman–Crippen LogP) is 7.44. The Kier molecular flexibility index (Phi) is 12.0. The van der Waals surface area contributed by atoms with E-state index in [1.54, 1.807) is 42.5 Å². The van der Waals surface area contributed by atoms with Crippen LogP contribution in [-0.4, -0.2) is 65.8 Å². The van der Waals surface area contributed by atoms with E-state index in [1.165, 1.54) is 0 Å². The Morgan fingerprint density at radius 2 is 1.09 bits per heavy atom. The quantitative estimate of drug-likeness (QED) is 0.0924. The summed E-state index contributed by atoms with van der Waals surface area (Å²) >= 11 is 0. The van der Waals surface area contributed by atoms with Gasteiger partial charge in [0.1, 0.15) is 6.10 Å². The highest BCUT2D eigenvalue weighted by molar-refractivity contribution is 5.93. The van der Waals surface area contributed by atoms with Gasteiger partial charge in [-0.2, -0.15) is 0 Å². The van der Waals surface area contributed by atoms with E-state index in [2.05, 4.69) is 16.0 Å². The van der Waals surface area contributed by atoms with Crippen LogP contribution in [0.3, 0.4) is 0 Å². The number of ether oxygens (including phenoxy) is 4. The van der Waals surface area contributed by atoms with Crippen molar-refractivity contribution in [1.82, 2.24) is 0 Å². The molecule has 3 amide bonds. The molecule has 1 aliphatic rings. The second-order valence-electron chi connectivity index (χ2n) is 12.1. The first kappa shape index (κ1) is 36.6. The molecule has 0 spiro atoms. The van der Waals surface area contributed by atoms with Crippen LogP contribution in [0.25, 0.3) is 22.3 Å². The van der Waals surface area contributed by atoms with Crippen LogP contribution in [0.1, 0.15) is 12.5 Å². The number of aliphatic hydroxyl groups is 2. The molecule has 0 aliphatic carbocycles. The van der Waals surface area contributed by atoms with E-state index >= 15 is 0 Å². The lowest BCUT2D eigenvalue weighted by Gasteiger charge is -2.42. The Morgan fingerprint density at radius 3 is 1.64 bits per heavy atom. The molecule has 272 valence electrons. The van der Waals surface area contributed by atoms with E-state index in [1.807, 2.05) is 97.9 Å². The van der Waals surface area contributed by atoms with E-state index < -0.39 is 55.6 Å². The van der Waals surface area contributed by atoms with Gasteiger partial charge in [-0.15, -0.1) is 0 Å². The first-order chi connectivity index (χ1) is 25.8. The molecular formula is C41H39N3O9. The molecule has 53 heavy (non-hydrogen) atoms. The molecule has 0 unspecified atom stereocenters. The number of hydrogen-bond donors (Lipinski definition) is 5. The van der Waals surface area contributed by atoms with Gasteiger partial charge in [0.25, 0.3) is 0 Å². The first-order valence-corrected chi connectivity index (χ1v) is 17.1. The number of amides is 3. The minimum absolute atomic E-state index is 0.397.